The Labute approximate surface area is 164 Å². The van der Waals surface area contributed by atoms with Gasteiger partial charge in [0.15, 0.2) is 0 Å². The minimum absolute atomic E-state index is 0.863. The summed E-state index contributed by atoms with van der Waals surface area (Å²) in [5, 5.41) is 0. The number of hydrogen-bond acceptors (Lipinski definition) is 2. The molecule has 0 radical (unpaired) electrons. The van der Waals surface area contributed by atoms with Crippen LogP contribution in [-0.2, 0) is 4.43 Å². The van der Waals surface area contributed by atoms with Crippen LogP contribution in [0.25, 0.3) is 5.57 Å². The molecule has 27 heavy (non-hydrogen) atoms. The second-order valence-corrected chi connectivity index (χ2v) is 12.2. The van der Waals surface area contributed by atoms with E-state index in [1.807, 2.05) is 18.2 Å². The number of methoxy groups -OCH3 is 1. The highest BCUT2D eigenvalue weighted by Gasteiger charge is 2.19. The van der Waals surface area contributed by atoms with Crippen LogP contribution in [0.15, 0.2) is 77.7 Å². The molecule has 0 unspecified atom stereocenters. The van der Waals surface area contributed by atoms with Gasteiger partial charge in [-0.15, -0.1) is 5.73 Å². The molecule has 0 bridgehead atoms. The summed E-state index contributed by atoms with van der Waals surface area (Å²) in [4.78, 5) is 0. The molecule has 0 atom stereocenters. The summed E-state index contributed by atoms with van der Waals surface area (Å²) in [6.45, 7) is 6.69. The van der Waals surface area contributed by atoms with Crippen LogP contribution in [0.2, 0.25) is 19.6 Å². The number of allylic oxidation sites excluding steroid dienone is 3. The summed E-state index contributed by atoms with van der Waals surface area (Å²) in [6, 6.07) is 18.7. The molecule has 0 amide bonds. The zero-order chi connectivity index (χ0) is 19.3. The second-order valence-electron chi connectivity index (χ2n) is 7.80. The SMILES string of the molecule is COc1ccc(C(=C=C2C=C(O[Si](C)(C)C)CCC2)c2ccccc2)cc1. The van der Waals surface area contributed by atoms with Gasteiger partial charge in [0, 0.05) is 12.0 Å². The van der Waals surface area contributed by atoms with E-state index in [-0.39, 0.29) is 0 Å². The molecule has 1 aliphatic carbocycles. The van der Waals surface area contributed by atoms with Gasteiger partial charge in [-0.2, -0.15) is 0 Å². The highest BCUT2D eigenvalue weighted by Crippen LogP contribution is 2.29. The third kappa shape index (κ3) is 5.49. The van der Waals surface area contributed by atoms with E-state index in [9.17, 15) is 0 Å². The fourth-order valence-electron chi connectivity index (χ4n) is 3.20. The van der Waals surface area contributed by atoms with E-state index in [2.05, 4.69) is 67.8 Å². The van der Waals surface area contributed by atoms with Crippen molar-refractivity contribution in [2.24, 2.45) is 0 Å². The van der Waals surface area contributed by atoms with Crippen LogP contribution < -0.4 is 4.74 Å². The van der Waals surface area contributed by atoms with Gasteiger partial charge < -0.3 is 9.16 Å². The molecule has 0 N–H and O–H groups in total. The van der Waals surface area contributed by atoms with Crippen molar-refractivity contribution < 1.29 is 9.16 Å². The van der Waals surface area contributed by atoms with Crippen molar-refractivity contribution in [1.29, 1.82) is 0 Å². The van der Waals surface area contributed by atoms with Crippen LogP contribution in [-0.4, -0.2) is 15.4 Å². The fraction of sp³-hybridized carbons (Fsp3) is 0.292. The summed E-state index contributed by atoms with van der Waals surface area (Å²) in [7, 11) is 0.110. The van der Waals surface area contributed by atoms with Crippen molar-refractivity contribution in [3.63, 3.8) is 0 Å². The minimum Gasteiger partial charge on any atom is -0.547 e. The van der Waals surface area contributed by atoms with Gasteiger partial charge in [-0.3, -0.25) is 0 Å². The van der Waals surface area contributed by atoms with E-state index < -0.39 is 8.32 Å². The molecule has 0 saturated carbocycles. The Kier molecular flexibility index (Phi) is 6.05. The van der Waals surface area contributed by atoms with Gasteiger partial charge in [-0.25, -0.2) is 0 Å². The predicted molar refractivity (Wildman–Crippen MR) is 115 cm³/mol. The largest absolute Gasteiger partial charge is 0.547 e. The van der Waals surface area contributed by atoms with Gasteiger partial charge in [-0.1, -0.05) is 42.5 Å². The summed E-state index contributed by atoms with van der Waals surface area (Å²) in [5.74, 6) is 1.98. The van der Waals surface area contributed by atoms with E-state index in [0.717, 1.165) is 41.9 Å². The molecule has 2 aromatic rings. The Balaban J connectivity index is 2.08. The molecule has 0 spiro atoms. The van der Waals surface area contributed by atoms with Crippen molar-refractivity contribution in [3.8, 4) is 5.75 Å². The number of benzene rings is 2. The van der Waals surface area contributed by atoms with Crippen LogP contribution in [0.3, 0.4) is 0 Å². The third-order valence-corrected chi connectivity index (χ3v) is 5.24. The molecule has 0 aromatic heterocycles. The topological polar surface area (TPSA) is 18.5 Å². The quantitative estimate of drug-likeness (QED) is 0.434. The van der Waals surface area contributed by atoms with Crippen molar-refractivity contribution >= 4 is 13.9 Å². The first-order valence-electron chi connectivity index (χ1n) is 9.54. The van der Waals surface area contributed by atoms with Crippen molar-refractivity contribution in [1.82, 2.24) is 0 Å². The third-order valence-electron chi connectivity index (χ3n) is 4.37. The van der Waals surface area contributed by atoms with Gasteiger partial charge in [0.25, 0.3) is 0 Å². The first kappa shape index (κ1) is 19.3. The van der Waals surface area contributed by atoms with Crippen LogP contribution in [0.5, 0.6) is 5.75 Å². The van der Waals surface area contributed by atoms with Crippen LogP contribution in [0.4, 0.5) is 0 Å². The molecule has 0 saturated heterocycles. The Morgan fingerprint density at radius 1 is 0.889 bits per heavy atom. The van der Waals surface area contributed by atoms with E-state index >= 15 is 0 Å². The lowest BCUT2D eigenvalue weighted by Crippen LogP contribution is -2.25. The van der Waals surface area contributed by atoms with Gasteiger partial charge in [0.05, 0.1) is 12.9 Å². The maximum absolute atomic E-state index is 6.25. The predicted octanol–water partition coefficient (Wildman–Crippen LogP) is 6.57. The lowest BCUT2D eigenvalue weighted by molar-refractivity contribution is 0.388. The molecule has 140 valence electrons. The Morgan fingerprint density at radius 3 is 2.19 bits per heavy atom. The molecule has 1 aliphatic rings. The standard InChI is InChI=1S/C24H28O2Si/c1-25-22-15-13-21(14-16-22)24(20-10-6-5-7-11-20)18-19-9-8-12-23(17-19)26-27(2,3)4/h5-7,10-11,13-17H,8-9,12H2,1-4H3. The molecule has 0 fully saturated rings. The van der Waals surface area contributed by atoms with Gasteiger partial charge >= 0.3 is 0 Å². The smallest absolute Gasteiger partial charge is 0.241 e. The highest BCUT2D eigenvalue weighted by molar-refractivity contribution is 6.70. The summed E-state index contributed by atoms with van der Waals surface area (Å²) >= 11 is 0. The van der Waals surface area contributed by atoms with Gasteiger partial charge in [0.1, 0.15) is 5.75 Å². The van der Waals surface area contributed by atoms with Gasteiger partial charge in [-0.05, 0) is 67.4 Å². The van der Waals surface area contributed by atoms with E-state index in [4.69, 9.17) is 9.16 Å². The highest BCUT2D eigenvalue weighted by atomic mass is 28.4. The zero-order valence-electron chi connectivity index (χ0n) is 16.7. The van der Waals surface area contributed by atoms with E-state index in [0.29, 0.717) is 0 Å². The fourth-order valence-corrected chi connectivity index (χ4v) is 4.15. The van der Waals surface area contributed by atoms with Crippen molar-refractivity contribution in [2.45, 2.75) is 38.9 Å². The first-order valence-corrected chi connectivity index (χ1v) is 12.9. The molecule has 3 heteroatoms. The van der Waals surface area contributed by atoms with Crippen LogP contribution >= 0.6 is 0 Å². The van der Waals surface area contributed by atoms with E-state index in [1.165, 1.54) is 11.1 Å². The molecule has 3 rings (SSSR count). The lowest BCUT2D eigenvalue weighted by Gasteiger charge is -2.24. The maximum atomic E-state index is 6.25. The summed E-state index contributed by atoms with van der Waals surface area (Å²) < 4.78 is 11.6. The van der Waals surface area contributed by atoms with E-state index in [1.54, 1.807) is 7.11 Å². The Hall–Kier alpha value is -2.48. The van der Waals surface area contributed by atoms with Gasteiger partial charge in [0.2, 0.25) is 8.32 Å². The first-order chi connectivity index (χ1) is 12.9. The minimum atomic E-state index is -1.58. The molecule has 0 aliphatic heterocycles. The number of rotatable bonds is 5. The summed E-state index contributed by atoms with van der Waals surface area (Å²) in [6.07, 6.45) is 5.38. The summed E-state index contributed by atoms with van der Waals surface area (Å²) in [5.41, 5.74) is 8.32. The molecule has 0 heterocycles. The number of hydrogen-bond donors (Lipinski definition) is 0. The monoisotopic (exact) mass is 376 g/mol. The number of ether oxygens (including phenoxy) is 1. The maximum Gasteiger partial charge on any atom is 0.241 e. The molecular formula is C24H28O2Si. The van der Waals surface area contributed by atoms with Crippen LogP contribution in [0.1, 0.15) is 30.4 Å². The molecular weight excluding hydrogens is 348 g/mol. The van der Waals surface area contributed by atoms with Crippen LogP contribution in [0, 0.1) is 0 Å². The average Bonchev–Trinajstić information content (AvgIpc) is 2.66. The molecule has 2 nitrogen and oxygen atoms in total. The van der Waals surface area contributed by atoms with Crippen molar-refractivity contribution in [3.05, 3.63) is 88.9 Å². The molecule has 2 aromatic carbocycles. The van der Waals surface area contributed by atoms with Crippen molar-refractivity contribution in [2.75, 3.05) is 7.11 Å². The average molecular weight is 377 g/mol. The second kappa shape index (κ2) is 8.47. The Bertz CT molecular complexity index is 865. The Morgan fingerprint density at radius 2 is 1.56 bits per heavy atom. The zero-order valence-corrected chi connectivity index (χ0v) is 17.7. The lowest BCUT2D eigenvalue weighted by atomic mass is 9.95. The normalized spacial score (nSPS) is 14.2.